The third-order valence-electron chi connectivity index (χ3n) is 1.64. The van der Waals surface area contributed by atoms with Crippen molar-refractivity contribution < 1.29 is 25.1 Å². The molecular weight excluding hydrogens is 121 g/mol. The maximum absolute atomic E-state index is 10.3. The number of primary amides is 1. The minimum absolute atomic E-state index is 0. The molecule has 0 aliphatic rings. The predicted molar refractivity (Wildman–Crippen MR) is 39.0 cm³/mol. The van der Waals surface area contributed by atoms with E-state index in [1.807, 2.05) is 0 Å². The van der Waals surface area contributed by atoms with Crippen molar-refractivity contribution in [3.63, 3.8) is 0 Å². The Morgan fingerprint density at radius 3 is 2.00 bits per heavy atom. The van der Waals surface area contributed by atoms with Gasteiger partial charge in [-0.15, -0.1) is 0 Å². The average Bonchev–Trinajstić information content (AvgIpc) is 1.82. The van der Waals surface area contributed by atoms with Crippen LogP contribution in [0.1, 0.15) is 34.5 Å². The van der Waals surface area contributed by atoms with E-state index in [0.29, 0.717) is 12.3 Å². The molecule has 0 aliphatic heterocycles. The van der Waals surface area contributed by atoms with Gasteiger partial charge in [0.1, 0.15) is 0 Å². The van der Waals surface area contributed by atoms with Crippen molar-refractivity contribution in [1.82, 2.24) is 0 Å². The fourth-order valence-corrected chi connectivity index (χ4v) is 0.862. The number of nitrogens with two attached hydrogens (primary N) is 1. The van der Waals surface area contributed by atoms with Gasteiger partial charge in [0.05, 0.1) is 0 Å². The van der Waals surface area contributed by atoms with Gasteiger partial charge in [-0.05, 0) is 5.92 Å². The van der Waals surface area contributed by atoms with Gasteiger partial charge in [0.15, 0.2) is 0 Å². The van der Waals surface area contributed by atoms with Gasteiger partial charge in [-0.3, -0.25) is 4.79 Å². The summed E-state index contributed by atoms with van der Waals surface area (Å²) in [5.41, 5.74) is 5.01. The summed E-state index contributed by atoms with van der Waals surface area (Å²) in [5, 5.41) is 0. The Hall–Kier alpha value is 0.0674. The second-order valence-electron chi connectivity index (χ2n) is 2.35. The second kappa shape index (κ2) is 7.18. The summed E-state index contributed by atoms with van der Waals surface area (Å²) in [6, 6.07) is 0. The molecule has 0 radical (unpaired) electrons. The van der Waals surface area contributed by atoms with E-state index in [-0.39, 0.29) is 26.2 Å². The Morgan fingerprint density at radius 2 is 1.90 bits per heavy atom. The van der Waals surface area contributed by atoms with E-state index in [2.05, 4.69) is 13.8 Å². The molecule has 0 spiro atoms. The zero-order valence-corrected chi connectivity index (χ0v) is 7.18. The molecule has 0 bridgehead atoms. The fraction of sp³-hybridized carbons (Fsp3) is 0.857. The molecule has 56 valence electrons. The van der Waals surface area contributed by atoms with Gasteiger partial charge in [0, 0.05) is 6.42 Å². The van der Waals surface area contributed by atoms with E-state index in [4.69, 9.17) is 5.73 Å². The maximum Gasteiger partial charge on any atom is 1.00 e. The minimum Gasteiger partial charge on any atom is -1.00 e. The molecule has 0 heterocycles. The number of amides is 1. The Kier molecular flexibility index (Phi) is 9.13. The van der Waals surface area contributed by atoms with Crippen molar-refractivity contribution in [3.8, 4) is 0 Å². The molecule has 0 rings (SSSR count). The van der Waals surface area contributed by atoms with Crippen LogP contribution in [-0.4, -0.2) is 5.91 Å². The molecule has 0 saturated heterocycles. The number of carbonyl (C=O) groups is 1. The SMILES string of the molecule is CCC(CC)CC(N)=O.[H-].[Li+]. The van der Waals surface area contributed by atoms with Crippen LogP contribution in [0.3, 0.4) is 0 Å². The first kappa shape index (κ1) is 12.7. The van der Waals surface area contributed by atoms with Crippen molar-refractivity contribution in [2.75, 3.05) is 0 Å². The summed E-state index contributed by atoms with van der Waals surface area (Å²) in [5.74, 6) is 0.325. The molecule has 0 fully saturated rings. The first-order chi connectivity index (χ1) is 4.20. The van der Waals surface area contributed by atoms with Crippen LogP contribution >= 0.6 is 0 Å². The van der Waals surface area contributed by atoms with E-state index in [1.54, 1.807) is 0 Å². The van der Waals surface area contributed by atoms with Gasteiger partial charge >= 0.3 is 18.9 Å². The first-order valence-electron chi connectivity index (χ1n) is 3.49. The van der Waals surface area contributed by atoms with Gasteiger partial charge < -0.3 is 7.16 Å². The van der Waals surface area contributed by atoms with Crippen LogP contribution in [0.25, 0.3) is 0 Å². The third-order valence-corrected chi connectivity index (χ3v) is 1.64. The van der Waals surface area contributed by atoms with E-state index < -0.39 is 0 Å². The molecule has 0 saturated carbocycles. The summed E-state index contributed by atoms with van der Waals surface area (Å²) in [6.45, 7) is 4.16. The standard InChI is InChI=1S/C7H15NO.Li.H/c1-3-6(4-2)5-7(8)9;;/h6H,3-5H2,1-2H3,(H2,8,9);;/q;+1;-1. The molecule has 0 aromatic carbocycles. The monoisotopic (exact) mass is 137 g/mol. The molecule has 0 unspecified atom stereocenters. The smallest absolute Gasteiger partial charge is 1.00 e. The molecule has 2 nitrogen and oxygen atoms in total. The van der Waals surface area contributed by atoms with E-state index >= 15 is 0 Å². The number of rotatable bonds is 4. The minimum atomic E-state index is -0.177. The van der Waals surface area contributed by atoms with Gasteiger partial charge in [-0.1, -0.05) is 26.7 Å². The summed E-state index contributed by atoms with van der Waals surface area (Å²) in [4.78, 5) is 10.3. The van der Waals surface area contributed by atoms with Crippen LogP contribution in [0.4, 0.5) is 0 Å². The van der Waals surface area contributed by atoms with Crippen LogP contribution < -0.4 is 24.6 Å². The van der Waals surface area contributed by atoms with Crippen molar-refractivity contribution in [1.29, 1.82) is 0 Å². The average molecular weight is 137 g/mol. The molecule has 0 aromatic heterocycles. The quantitative estimate of drug-likeness (QED) is 0.467. The molecule has 1 amide bonds. The molecule has 0 atom stereocenters. The number of hydrogen-bond acceptors (Lipinski definition) is 1. The Balaban J connectivity index is -0.000000320. The topological polar surface area (TPSA) is 43.1 Å². The van der Waals surface area contributed by atoms with Crippen LogP contribution in [0.15, 0.2) is 0 Å². The largest absolute Gasteiger partial charge is 1.00 e. The van der Waals surface area contributed by atoms with Gasteiger partial charge in [-0.2, -0.15) is 0 Å². The number of carbonyl (C=O) groups excluding carboxylic acids is 1. The van der Waals surface area contributed by atoms with Crippen LogP contribution in [0, 0.1) is 5.92 Å². The molecule has 10 heavy (non-hydrogen) atoms. The zero-order chi connectivity index (χ0) is 7.28. The Bertz CT molecular complexity index is 96.4. The number of hydrogen-bond donors (Lipinski definition) is 1. The first-order valence-corrected chi connectivity index (χ1v) is 3.49. The van der Waals surface area contributed by atoms with E-state index in [0.717, 1.165) is 12.8 Å². The molecule has 0 aromatic rings. The Morgan fingerprint density at radius 1 is 1.50 bits per heavy atom. The molecular formula is C7H16LiNO. The predicted octanol–water partition coefficient (Wildman–Crippen LogP) is -1.59. The van der Waals surface area contributed by atoms with Crippen LogP contribution in [0.2, 0.25) is 0 Å². The van der Waals surface area contributed by atoms with Crippen molar-refractivity contribution in [2.24, 2.45) is 11.7 Å². The van der Waals surface area contributed by atoms with Crippen molar-refractivity contribution in [2.45, 2.75) is 33.1 Å². The van der Waals surface area contributed by atoms with E-state index in [1.165, 1.54) is 0 Å². The fourth-order valence-electron chi connectivity index (χ4n) is 0.862. The normalized spacial score (nSPS) is 9.10. The van der Waals surface area contributed by atoms with Gasteiger partial charge in [0.2, 0.25) is 5.91 Å². The molecule has 2 N–H and O–H groups in total. The van der Waals surface area contributed by atoms with Crippen LogP contribution in [0.5, 0.6) is 0 Å². The third kappa shape index (κ3) is 6.19. The van der Waals surface area contributed by atoms with Gasteiger partial charge in [-0.25, -0.2) is 0 Å². The summed E-state index contributed by atoms with van der Waals surface area (Å²) in [6.07, 6.45) is 2.66. The van der Waals surface area contributed by atoms with E-state index in [9.17, 15) is 4.79 Å². The Labute approximate surface area is 76.2 Å². The summed E-state index contributed by atoms with van der Waals surface area (Å²) in [7, 11) is 0. The van der Waals surface area contributed by atoms with Crippen molar-refractivity contribution in [3.05, 3.63) is 0 Å². The van der Waals surface area contributed by atoms with Gasteiger partial charge in [0.25, 0.3) is 0 Å². The van der Waals surface area contributed by atoms with Crippen molar-refractivity contribution >= 4 is 5.91 Å². The zero-order valence-electron chi connectivity index (χ0n) is 8.18. The summed E-state index contributed by atoms with van der Waals surface area (Å²) >= 11 is 0. The summed E-state index contributed by atoms with van der Waals surface area (Å²) < 4.78 is 0. The maximum atomic E-state index is 10.3. The second-order valence-corrected chi connectivity index (χ2v) is 2.35. The molecule has 0 aliphatic carbocycles. The van der Waals surface area contributed by atoms with Crippen LogP contribution in [-0.2, 0) is 4.79 Å². The molecule has 3 heteroatoms.